The second kappa shape index (κ2) is 8.59. The number of anilines is 1. The van der Waals surface area contributed by atoms with Crippen LogP contribution in [0.15, 0.2) is 42.6 Å². The summed E-state index contributed by atoms with van der Waals surface area (Å²) in [4.78, 5) is 11.8. The van der Waals surface area contributed by atoms with Crippen LogP contribution in [0, 0.1) is 11.3 Å². The number of piperidine rings is 1. The minimum absolute atomic E-state index is 0. The minimum Gasteiger partial charge on any atom is -0.341 e. The number of nitrogens with zero attached hydrogens (tertiary/aromatic N) is 5. The van der Waals surface area contributed by atoms with Gasteiger partial charge in [0.05, 0.1) is 28.3 Å². The van der Waals surface area contributed by atoms with Gasteiger partial charge in [0.25, 0.3) is 0 Å². The Hall–Kier alpha value is -2.62. The third kappa shape index (κ3) is 3.68. The van der Waals surface area contributed by atoms with Gasteiger partial charge in [0.2, 0.25) is 5.95 Å². The van der Waals surface area contributed by atoms with Crippen LogP contribution in [0.2, 0.25) is 0 Å². The van der Waals surface area contributed by atoms with Crippen molar-refractivity contribution in [1.82, 2.24) is 14.5 Å². The lowest BCUT2D eigenvalue weighted by molar-refractivity contribution is 0.482. The van der Waals surface area contributed by atoms with E-state index in [0.717, 1.165) is 55.0 Å². The van der Waals surface area contributed by atoms with E-state index in [0.29, 0.717) is 5.56 Å². The summed E-state index contributed by atoms with van der Waals surface area (Å²) in [6, 6.07) is 14.4. The molecule has 7 heteroatoms. The first-order valence-electron chi connectivity index (χ1n) is 9.54. The van der Waals surface area contributed by atoms with Gasteiger partial charge < -0.3 is 15.2 Å². The molecule has 0 radical (unpaired) electrons. The van der Waals surface area contributed by atoms with E-state index in [1.807, 2.05) is 24.3 Å². The number of nitriles is 1. The molecule has 3 heterocycles. The molecule has 1 fully saturated rings. The van der Waals surface area contributed by atoms with Crippen LogP contribution in [0.1, 0.15) is 43.5 Å². The topological polar surface area (TPSA) is 83.8 Å². The van der Waals surface area contributed by atoms with Crippen LogP contribution in [-0.4, -0.2) is 33.7 Å². The van der Waals surface area contributed by atoms with Crippen LogP contribution in [0.5, 0.6) is 0 Å². The number of para-hydroxylation sites is 2. The van der Waals surface area contributed by atoms with Crippen molar-refractivity contribution in [2.75, 3.05) is 18.0 Å². The first kappa shape index (κ1) is 20.1. The molecule has 2 atom stereocenters. The molecule has 0 spiro atoms. The lowest BCUT2D eigenvalue weighted by Gasteiger charge is -2.33. The molecule has 1 saturated heterocycles. The summed E-state index contributed by atoms with van der Waals surface area (Å²) in [5.41, 5.74) is 9.85. The molecule has 28 heavy (non-hydrogen) atoms. The summed E-state index contributed by atoms with van der Waals surface area (Å²) in [6.07, 6.45) is 4.67. The molecule has 1 aliphatic rings. The normalized spacial score (nSPS) is 17.8. The first-order valence-corrected chi connectivity index (χ1v) is 9.54. The fraction of sp³-hybridized carbons (Fsp3) is 0.381. The van der Waals surface area contributed by atoms with Gasteiger partial charge in [-0.3, -0.25) is 4.98 Å². The molecule has 0 bridgehead atoms. The highest BCUT2D eigenvalue weighted by molar-refractivity contribution is 5.85. The Morgan fingerprint density at radius 2 is 2.11 bits per heavy atom. The van der Waals surface area contributed by atoms with Gasteiger partial charge in [-0.15, -0.1) is 12.4 Å². The average Bonchev–Trinajstić information content (AvgIpc) is 3.09. The number of halogens is 1. The predicted octanol–water partition coefficient (Wildman–Crippen LogP) is 3.65. The van der Waals surface area contributed by atoms with Crippen molar-refractivity contribution in [2.45, 2.75) is 38.3 Å². The molecule has 0 unspecified atom stereocenters. The second-order valence-corrected chi connectivity index (χ2v) is 7.13. The lowest BCUT2D eigenvalue weighted by Crippen LogP contribution is -2.44. The fourth-order valence-electron chi connectivity index (χ4n) is 3.95. The Kier molecular flexibility index (Phi) is 6.18. The third-order valence-electron chi connectivity index (χ3n) is 5.27. The van der Waals surface area contributed by atoms with Crippen molar-refractivity contribution in [3.63, 3.8) is 0 Å². The standard InChI is InChI=1S/C21H24N6.ClH/c1-2-19(17-10-9-15(12-22)13-24-17)27-20-8-4-3-7-18(20)25-21(27)26-11-5-6-16(23)14-26;/h3-4,7-10,13,16,19H,2,5-6,11,14,23H2,1H3;1H/t16-,19+;/m0./s1. The molecule has 1 aromatic carbocycles. The smallest absolute Gasteiger partial charge is 0.207 e. The monoisotopic (exact) mass is 396 g/mol. The predicted molar refractivity (Wildman–Crippen MR) is 114 cm³/mol. The highest BCUT2D eigenvalue weighted by Crippen LogP contribution is 2.33. The van der Waals surface area contributed by atoms with Crippen LogP contribution in [0.25, 0.3) is 11.0 Å². The Morgan fingerprint density at radius 3 is 2.79 bits per heavy atom. The molecule has 4 rings (SSSR count). The number of imidazole rings is 1. The number of pyridine rings is 1. The zero-order chi connectivity index (χ0) is 18.8. The van der Waals surface area contributed by atoms with Crippen molar-refractivity contribution in [3.8, 4) is 6.07 Å². The molecule has 3 aromatic rings. The minimum atomic E-state index is 0. The highest BCUT2D eigenvalue weighted by Gasteiger charge is 2.26. The van der Waals surface area contributed by atoms with Gasteiger partial charge in [0, 0.05) is 25.3 Å². The number of rotatable bonds is 4. The van der Waals surface area contributed by atoms with E-state index >= 15 is 0 Å². The van der Waals surface area contributed by atoms with Gasteiger partial charge in [-0.1, -0.05) is 19.1 Å². The molecule has 146 valence electrons. The van der Waals surface area contributed by atoms with Crippen molar-refractivity contribution in [1.29, 1.82) is 5.26 Å². The van der Waals surface area contributed by atoms with Crippen molar-refractivity contribution in [2.24, 2.45) is 5.73 Å². The van der Waals surface area contributed by atoms with Crippen molar-refractivity contribution < 1.29 is 0 Å². The van der Waals surface area contributed by atoms with Crippen molar-refractivity contribution in [3.05, 3.63) is 53.9 Å². The lowest BCUT2D eigenvalue weighted by atomic mass is 10.1. The van der Waals surface area contributed by atoms with Crippen LogP contribution in [-0.2, 0) is 0 Å². The number of aromatic nitrogens is 3. The number of hydrogen-bond donors (Lipinski definition) is 1. The Morgan fingerprint density at radius 1 is 1.29 bits per heavy atom. The SMILES string of the molecule is CC[C@H](c1ccc(C#N)cn1)n1c(N2CCC[C@H](N)C2)nc2ccccc21.Cl. The molecule has 2 N–H and O–H groups in total. The fourth-order valence-corrected chi connectivity index (χ4v) is 3.95. The maximum Gasteiger partial charge on any atom is 0.207 e. The summed E-state index contributed by atoms with van der Waals surface area (Å²) in [6.45, 7) is 3.94. The summed E-state index contributed by atoms with van der Waals surface area (Å²) < 4.78 is 2.29. The van der Waals surface area contributed by atoms with Gasteiger partial charge in [-0.2, -0.15) is 5.26 Å². The Labute approximate surface area is 171 Å². The Bertz CT molecular complexity index is 975. The van der Waals surface area contributed by atoms with Gasteiger partial charge in [0.1, 0.15) is 6.07 Å². The van der Waals surface area contributed by atoms with E-state index in [1.54, 1.807) is 6.20 Å². The van der Waals surface area contributed by atoms with E-state index in [9.17, 15) is 0 Å². The van der Waals surface area contributed by atoms with E-state index in [4.69, 9.17) is 16.0 Å². The summed E-state index contributed by atoms with van der Waals surface area (Å²) in [5.74, 6) is 0.962. The molecular weight excluding hydrogens is 372 g/mol. The van der Waals surface area contributed by atoms with Crippen LogP contribution >= 0.6 is 12.4 Å². The van der Waals surface area contributed by atoms with Crippen LogP contribution in [0.4, 0.5) is 5.95 Å². The quantitative estimate of drug-likeness (QED) is 0.727. The zero-order valence-corrected chi connectivity index (χ0v) is 16.8. The first-order chi connectivity index (χ1) is 13.2. The summed E-state index contributed by atoms with van der Waals surface area (Å²) >= 11 is 0. The molecule has 1 aliphatic heterocycles. The number of nitrogens with two attached hydrogens (primary N) is 1. The Balaban J connectivity index is 0.00000225. The number of hydrogen-bond acceptors (Lipinski definition) is 5. The van der Waals surface area contributed by atoms with Crippen LogP contribution < -0.4 is 10.6 Å². The molecule has 6 nitrogen and oxygen atoms in total. The van der Waals surface area contributed by atoms with E-state index in [2.05, 4.69) is 39.6 Å². The van der Waals surface area contributed by atoms with E-state index < -0.39 is 0 Å². The van der Waals surface area contributed by atoms with Gasteiger partial charge in [-0.25, -0.2) is 4.98 Å². The summed E-state index contributed by atoms with van der Waals surface area (Å²) in [5, 5.41) is 9.07. The highest BCUT2D eigenvalue weighted by atomic mass is 35.5. The number of fused-ring (bicyclic) bond motifs is 1. The maximum absolute atomic E-state index is 9.07. The number of benzene rings is 1. The third-order valence-corrected chi connectivity index (χ3v) is 5.27. The van der Waals surface area contributed by atoms with Gasteiger partial charge >= 0.3 is 0 Å². The molecule has 0 saturated carbocycles. The van der Waals surface area contributed by atoms with E-state index in [1.165, 1.54) is 0 Å². The summed E-state index contributed by atoms with van der Waals surface area (Å²) in [7, 11) is 0. The largest absolute Gasteiger partial charge is 0.341 e. The van der Waals surface area contributed by atoms with Gasteiger partial charge in [0.15, 0.2) is 0 Å². The molecule has 0 aliphatic carbocycles. The van der Waals surface area contributed by atoms with Crippen molar-refractivity contribution >= 4 is 29.4 Å². The average molecular weight is 397 g/mol. The molecule has 2 aromatic heterocycles. The molecular formula is C21H25ClN6. The maximum atomic E-state index is 9.07. The van der Waals surface area contributed by atoms with Crippen LogP contribution in [0.3, 0.4) is 0 Å². The van der Waals surface area contributed by atoms with Gasteiger partial charge in [-0.05, 0) is 43.5 Å². The molecule has 0 amide bonds. The second-order valence-electron chi connectivity index (χ2n) is 7.13. The van der Waals surface area contributed by atoms with E-state index in [-0.39, 0.29) is 24.5 Å². The zero-order valence-electron chi connectivity index (χ0n) is 16.0.